The topological polar surface area (TPSA) is 123 Å². The molecule has 0 radical (unpaired) electrons. The summed E-state index contributed by atoms with van der Waals surface area (Å²) < 4.78 is 0. The van der Waals surface area contributed by atoms with Gasteiger partial charge >= 0.3 is 5.69 Å². The quantitative estimate of drug-likeness (QED) is 0.500. The zero-order chi connectivity index (χ0) is 16.1. The van der Waals surface area contributed by atoms with Gasteiger partial charge in [0.25, 0.3) is 5.69 Å². The summed E-state index contributed by atoms with van der Waals surface area (Å²) in [6.07, 6.45) is 0. The van der Waals surface area contributed by atoms with Gasteiger partial charge in [0.2, 0.25) is 0 Å². The van der Waals surface area contributed by atoms with Crippen LogP contribution in [0.1, 0.15) is 0 Å². The minimum absolute atomic E-state index is 0.0999. The predicted octanol–water partition coefficient (Wildman–Crippen LogP) is 4.27. The molecule has 0 aliphatic rings. The molecule has 0 unspecified atom stereocenters. The van der Waals surface area contributed by atoms with Gasteiger partial charge in [-0.15, -0.1) is 5.11 Å². The number of halogens is 1. The van der Waals surface area contributed by atoms with Crippen molar-refractivity contribution in [1.29, 1.82) is 0 Å². The Hall–Kier alpha value is -3.07. The fourth-order valence-electron chi connectivity index (χ4n) is 1.52. The molecule has 2 aromatic rings. The third kappa shape index (κ3) is 3.73. The monoisotopic (exact) mass is 321 g/mol. The lowest BCUT2D eigenvalue weighted by atomic mass is 10.2. The van der Waals surface area contributed by atoms with Crippen LogP contribution in [0, 0.1) is 20.2 Å². The molecule has 0 atom stereocenters. The molecule has 0 bridgehead atoms. The Balaban J connectivity index is 2.21. The Morgan fingerprint density at radius 3 is 2.27 bits per heavy atom. The molecule has 0 aromatic heterocycles. The van der Waals surface area contributed by atoms with Gasteiger partial charge in [0.05, 0.1) is 21.6 Å². The van der Waals surface area contributed by atoms with Crippen molar-refractivity contribution < 1.29 is 9.85 Å². The van der Waals surface area contributed by atoms with E-state index < -0.39 is 21.2 Å². The Morgan fingerprint density at radius 2 is 1.68 bits per heavy atom. The van der Waals surface area contributed by atoms with Crippen LogP contribution in [0.5, 0.6) is 0 Å². The highest BCUT2D eigenvalue weighted by Gasteiger charge is 2.19. The molecule has 0 saturated carbocycles. The Morgan fingerprint density at radius 1 is 1.00 bits per heavy atom. The molecule has 9 nitrogen and oxygen atoms in total. The SMILES string of the molecule is O=[N+]([O-])c1ccc(N=NNc2ccc(Cl)cc2)c([N+](=O)[O-])c1. The number of hydrogen-bond donors (Lipinski definition) is 1. The van der Waals surface area contributed by atoms with E-state index in [0.717, 1.165) is 18.2 Å². The highest BCUT2D eigenvalue weighted by Crippen LogP contribution is 2.31. The smallest absolute Gasteiger partial charge is 0.260 e. The average molecular weight is 322 g/mol. The van der Waals surface area contributed by atoms with Gasteiger partial charge in [-0.1, -0.05) is 16.8 Å². The standard InChI is InChI=1S/C12H8ClN5O4/c13-8-1-3-9(4-2-8)14-16-15-11-6-5-10(17(19)20)7-12(11)18(21)22/h1-7H,(H,14,15). The van der Waals surface area contributed by atoms with Crippen molar-refractivity contribution in [2.45, 2.75) is 0 Å². The summed E-state index contributed by atoms with van der Waals surface area (Å²) in [5, 5.41) is 29.4. The van der Waals surface area contributed by atoms with Crippen molar-refractivity contribution >= 4 is 34.4 Å². The van der Waals surface area contributed by atoms with Crippen molar-refractivity contribution in [3.05, 3.63) is 67.7 Å². The summed E-state index contributed by atoms with van der Waals surface area (Å²) in [7, 11) is 0. The lowest BCUT2D eigenvalue weighted by molar-refractivity contribution is -0.393. The van der Waals surface area contributed by atoms with Gasteiger partial charge in [-0.05, 0) is 30.3 Å². The summed E-state index contributed by atoms with van der Waals surface area (Å²) in [6, 6.07) is 9.66. The van der Waals surface area contributed by atoms with Crippen molar-refractivity contribution in [1.82, 2.24) is 0 Å². The Bertz CT molecular complexity index is 748. The van der Waals surface area contributed by atoms with E-state index >= 15 is 0 Å². The summed E-state index contributed by atoms with van der Waals surface area (Å²) in [5.74, 6) is 0. The van der Waals surface area contributed by atoms with E-state index in [-0.39, 0.29) is 5.69 Å². The molecule has 0 saturated heterocycles. The van der Waals surface area contributed by atoms with Gasteiger partial charge in [-0.2, -0.15) is 0 Å². The first-order chi connectivity index (χ1) is 10.5. The number of benzene rings is 2. The second-order valence-electron chi connectivity index (χ2n) is 4.01. The van der Waals surface area contributed by atoms with Crippen LogP contribution < -0.4 is 5.43 Å². The third-order valence-electron chi connectivity index (χ3n) is 2.55. The molecular weight excluding hydrogens is 314 g/mol. The Kier molecular flexibility index (Phi) is 4.59. The van der Waals surface area contributed by atoms with Crippen LogP contribution in [0.15, 0.2) is 52.8 Å². The van der Waals surface area contributed by atoms with Crippen molar-refractivity contribution in [2.75, 3.05) is 5.43 Å². The van der Waals surface area contributed by atoms with Crippen LogP contribution in [0.2, 0.25) is 5.02 Å². The van der Waals surface area contributed by atoms with Crippen LogP contribution in [0.4, 0.5) is 22.7 Å². The minimum atomic E-state index is -0.760. The summed E-state index contributed by atoms with van der Waals surface area (Å²) in [6.45, 7) is 0. The highest BCUT2D eigenvalue weighted by atomic mass is 35.5. The third-order valence-corrected chi connectivity index (χ3v) is 2.80. The van der Waals surface area contributed by atoms with E-state index in [4.69, 9.17) is 11.6 Å². The second-order valence-corrected chi connectivity index (χ2v) is 4.44. The molecule has 0 aliphatic heterocycles. The van der Waals surface area contributed by atoms with E-state index in [9.17, 15) is 20.2 Å². The number of rotatable bonds is 5. The number of anilines is 1. The number of nitro benzene ring substituents is 2. The summed E-state index contributed by atoms with van der Waals surface area (Å²) >= 11 is 5.73. The lowest BCUT2D eigenvalue weighted by Crippen LogP contribution is -1.93. The summed E-state index contributed by atoms with van der Waals surface area (Å²) in [4.78, 5) is 20.1. The maximum Gasteiger partial charge on any atom is 0.303 e. The van der Waals surface area contributed by atoms with E-state index in [1.807, 2.05) is 0 Å². The normalized spacial score (nSPS) is 10.6. The van der Waals surface area contributed by atoms with E-state index in [0.29, 0.717) is 10.7 Å². The first-order valence-electron chi connectivity index (χ1n) is 5.82. The van der Waals surface area contributed by atoms with Gasteiger partial charge < -0.3 is 0 Å². The van der Waals surface area contributed by atoms with Gasteiger partial charge in [0.15, 0.2) is 5.69 Å². The molecule has 2 rings (SSSR count). The van der Waals surface area contributed by atoms with Crippen molar-refractivity contribution in [3.63, 3.8) is 0 Å². The second kappa shape index (κ2) is 6.59. The molecule has 112 valence electrons. The number of nitrogens with one attached hydrogen (secondary N) is 1. The lowest BCUT2D eigenvalue weighted by Gasteiger charge is -1.99. The zero-order valence-corrected chi connectivity index (χ0v) is 11.6. The molecule has 0 aliphatic carbocycles. The maximum atomic E-state index is 10.9. The fourth-order valence-corrected chi connectivity index (χ4v) is 1.64. The molecule has 1 N–H and O–H groups in total. The molecule has 0 spiro atoms. The number of nitro groups is 2. The van der Waals surface area contributed by atoms with Crippen LogP contribution in [0.25, 0.3) is 0 Å². The Labute approximate surface area is 128 Å². The van der Waals surface area contributed by atoms with Crippen molar-refractivity contribution in [2.24, 2.45) is 10.3 Å². The minimum Gasteiger partial charge on any atom is -0.260 e. The van der Waals surface area contributed by atoms with E-state index in [2.05, 4.69) is 15.8 Å². The van der Waals surface area contributed by atoms with Crippen molar-refractivity contribution in [3.8, 4) is 0 Å². The van der Waals surface area contributed by atoms with Crippen LogP contribution in [0.3, 0.4) is 0 Å². The highest BCUT2D eigenvalue weighted by molar-refractivity contribution is 6.30. The summed E-state index contributed by atoms with van der Waals surface area (Å²) in [5.41, 5.74) is 2.15. The predicted molar refractivity (Wildman–Crippen MR) is 79.3 cm³/mol. The van der Waals surface area contributed by atoms with Gasteiger partial charge in [-0.25, -0.2) is 0 Å². The molecule has 2 aromatic carbocycles. The molecule has 0 fully saturated rings. The fraction of sp³-hybridized carbons (Fsp3) is 0. The number of nitrogens with zero attached hydrogens (tertiary/aromatic N) is 4. The average Bonchev–Trinajstić information content (AvgIpc) is 2.49. The van der Waals surface area contributed by atoms with Crippen LogP contribution >= 0.6 is 11.6 Å². The van der Waals surface area contributed by atoms with Crippen LogP contribution in [-0.2, 0) is 0 Å². The first kappa shape index (κ1) is 15.3. The van der Waals surface area contributed by atoms with Gasteiger partial charge in [-0.3, -0.25) is 25.7 Å². The van der Waals surface area contributed by atoms with Gasteiger partial charge in [0, 0.05) is 11.1 Å². The molecule has 22 heavy (non-hydrogen) atoms. The molecule has 0 amide bonds. The first-order valence-corrected chi connectivity index (χ1v) is 6.20. The number of non-ortho nitro benzene ring substituents is 1. The largest absolute Gasteiger partial charge is 0.303 e. The maximum absolute atomic E-state index is 10.9. The van der Waals surface area contributed by atoms with Gasteiger partial charge in [0.1, 0.15) is 0 Å². The molecular formula is C12H8ClN5O4. The number of hydrogen-bond acceptors (Lipinski definition) is 6. The van der Waals surface area contributed by atoms with Crippen LogP contribution in [-0.4, -0.2) is 9.85 Å². The zero-order valence-electron chi connectivity index (χ0n) is 10.8. The van der Waals surface area contributed by atoms with E-state index in [1.165, 1.54) is 0 Å². The van der Waals surface area contributed by atoms with E-state index in [1.54, 1.807) is 24.3 Å². The molecule has 10 heteroatoms. The molecule has 0 heterocycles.